The molecule has 1 aromatic rings. The van der Waals surface area contributed by atoms with Crippen LogP contribution in [0, 0.1) is 0 Å². The van der Waals surface area contributed by atoms with Gasteiger partial charge in [-0.05, 0) is 24.5 Å². The van der Waals surface area contributed by atoms with E-state index in [4.69, 9.17) is 10.5 Å². The van der Waals surface area contributed by atoms with E-state index in [1.165, 1.54) is 31.2 Å². The number of ether oxygens (including phenoxy) is 1. The van der Waals surface area contributed by atoms with Gasteiger partial charge in [0.2, 0.25) is 0 Å². The third kappa shape index (κ3) is 2.52. The van der Waals surface area contributed by atoms with Crippen molar-refractivity contribution in [3.63, 3.8) is 0 Å². The maximum absolute atomic E-state index is 6.07. The van der Waals surface area contributed by atoms with Crippen LogP contribution in [0.4, 0.5) is 0 Å². The second kappa shape index (κ2) is 5.29. The van der Waals surface area contributed by atoms with Gasteiger partial charge in [-0.25, -0.2) is 0 Å². The number of fused-ring (bicyclic) bond motifs is 1. The van der Waals surface area contributed by atoms with Crippen LogP contribution in [0.15, 0.2) is 18.2 Å². The smallest absolute Gasteiger partial charge is 0.124 e. The molecule has 2 aliphatic rings. The fraction of sp³-hybridized carbons (Fsp3) is 0.600. The minimum absolute atomic E-state index is 0.144. The Morgan fingerprint density at radius 3 is 2.89 bits per heavy atom. The highest BCUT2D eigenvalue weighted by Gasteiger charge is 2.18. The van der Waals surface area contributed by atoms with Crippen LogP contribution in [0.2, 0.25) is 0 Å². The Labute approximate surface area is 109 Å². The van der Waals surface area contributed by atoms with Crippen molar-refractivity contribution in [3.8, 4) is 5.75 Å². The minimum atomic E-state index is 0.144. The van der Waals surface area contributed by atoms with E-state index in [2.05, 4.69) is 23.5 Å². The molecular formula is C15H22N2O. The van der Waals surface area contributed by atoms with Crippen molar-refractivity contribution in [3.05, 3.63) is 29.3 Å². The maximum Gasteiger partial charge on any atom is 0.124 e. The molecule has 1 fully saturated rings. The molecule has 0 spiro atoms. The van der Waals surface area contributed by atoms with E-state index < -0.39 is 0 Å². The monoisotopic (exact) mass is 246 g/mol. The van der Waals surface area contributed by atoms with E-state index in [0.29, 0.717) is 6.04 Å². The molecule has 3 nitrogen and oxygen atoms in total. The van der Waals surface area contributed by atoms with Gasteiger partial charge in [-0.3, -0.25) is 0 Å². The first-order valence-corrected chi connectivity index (χ1v) is 7.07. The zero-order valence-corrected chi connectivity index (χ0v) is 10.8. The van der Waals surface area contributed by atoms with Crippen molar-refractivity contribution in [2.24, 2.45) is 5.73 Å². The largest absolute Gasteiger partial charge is 0.493 e. The summed E-state index contributed by atoms with van der Waals surface area (Å²) in [6.07, 6.45) is 6.32. The fourth-order valence-electron chi connectivity index (χ4n) is 2.96. The molecule has 3 rings (SSSR count). The van der Waals surface area contributed by atoms with Gasteiger partial charge < -0.3 is 15.8 Å². The van der Waals surface area contributed by atoms with E-state index in [1.54, 1.807) is 0 Å². The third-order valence-corrected chi connectivity index (χ3v) is 4.11. The number of nitrogens with two attached hydrogens (primary N) is 1. The Morgan fingerprint density at radius 2 is 2.06 bits per heavy atom. The van der Waals surface area contributed by atoms with Gasteiger partial charge in [0.05, 0.1) is 6.61 Å². The molecule has 1 aliphatic heterocycles. The maximum atomic E-state index is 6.07. The van der Waals surface area contributed by atoms with E-state index in [0.717, 1.165) is 30.9 Å². The molecule has 98 valence electrons. The van der Waals surface area contributed by atoms with Gasteiger partial charge in [-0.15, -0.1) is 0 Å². The van der Waals surface area contributed by atoms with Crippen molar-refractivity contribution >= 4 is 0 Å². The molecule has 0 saturated heterocycles. The van der Waals surface area contributed by atoms with Crippen molar-refractivity contribution in [1.29, 1.82) is 0 Å². The molecule has 0 bridgehead atoms. The molecule has 1 aromatic carbocycles. The summed E-state index contributed by atoms with van der Waals surface area (Å²) in [4.78, 5) is 0. The summed E-state index contributed by atoms with van der Waals surface area (Å²) in [5.41, 5.74) is 8.53. The van der Waals surface area contributed by atoms with Crippen LogP contribution in [0.1, 0.15) is 49.3 Å². The Morgan fingerprint density at radius 1 is 1.22 bits per heavy atom. The quantitative estimate of drug-likeness (QED) is 0.861. The lowest BCUT2D eigenvalue weighted by atomic mass is 9.99. The van der Waals surface area contributed by atoms with E-state index in [9.17, 15) is 0 Å². The van der Waals surface area contributed by atoms with E-state index in [-0.39, 0.29) is 6.04 Å². The van der Waals surface area contributed by atoms with Gasteiger partial charge in [0.25, 0.3) is 0 Å². The van der Waals surface area contributed by atoms with Gasteiger partial charge in [-0.1, -0.05) is 25.0 Å². The van der Waals surface area contributed by atoms with Crippen LogP contribution >= 0.6 is 0 Å². The molecule has 18 heavy (non-hydrogen) atoms. The Balaban J connectivity index is 1.66. The molecule has 1 heterocycles. The molecule has 0 aromatic heterocycles. The van der Waals surface area contributed by atoms with Crippen molar-refractivity contribution in [2.75, 3.05) is 6.61 Å². The predicted octanol–water partition coefficient (Wildman–Crippen LogP) is 2.50. The second-order valence-corrected chi connectivity index (χ2v) is 5.48. The van der Waals surface area contributed by atoms with Gasteiger partial charge in [-0.2, -0.15) is 0 Å². The number of rotatable bonds is 3. The van der Waals surface area contributed by atoms with E-state index in [1.807, 2.05) is 0 Å². The lowest BCUT2D eigenvalue weighted by Crippen LogP contribution is -2.25. The van der Waals surface area contributed by atoms with Crippen LogP contribution in [0.5, 0.6) is 5.75 Å². The molecule has 1 aliphatic carbocycles. The third-order valence-electron chi connectivity index (χ3n) is 4.11. The first kappa shape index (κ1) is 12.0. The molecular weight excluding hydrogens is 224 g/mol. The highest BCUT2D eigenvalue weighted by molar-refractivity contribution is 5.40. The minimum Gasteiger partial charge on any atom is -0.493 e. The standard InChI is InChI=1S/C15H22N2O/c16-14-7-8-18-15-9-11(5-6-13(14)15)10-17-12-3-1-2-4-12/h5-6,9,12,14,17H,1-4,7-8,10,16H2. The summed E-state index contributed by atoms with van der Waals surface area (Å²) in [6, 6.07) is 7.31. The number of nitrogens with one attached hydrogen (secondary N) is 1. The lowest BCUT2D eigenvalue weighted by Gasteiger charge is -2.23. The lowest BCUT2D eigenvalue weighted by molar-refractivity contribution is 0.268. The molecule has 0 amide bonds. The van der Waals surface area contributed by atoms with Crippen LogP contribution in [-0.4, -0.2) is 12.6 Å². The summed E-state index contributed by atoms with van der Waals surface area (Å²) in [6.45, 7) is 1.68. The highest BCUT2D eigenvalue weighted by atomic mass is 16.5. The summed E-state index contributed by atoms with van der Waals surface area (Å²) < 4.78 is 5.70. The van der Waals surface area contributed by atoms with Gasteiger partial charge >= 0.3 is 0 Å². The van der Waals surface area contributed by atoms with Gasteiger partial charge in [0, 0.05) is 30.6 Å². The van der Waals surface area contributed by atoms with Crippen molar-refractivity contribution in [2.45, 2.75) is 50.7 Å². The Kier molecular flexibility index (Phi) is 3.52. The SMILES string of the molecule is NC1CCOc2cc(CNC3CCCC3)ccc21. The Hall–Kier alpha value is -1.06. The van der Waals surface area contributed by atoms with Crippen LogP contribution < -0.4 is 15.8 Å². The number of hydrogen-bond acceptors (Lipinski definition) is 3. The topological polar surface area (TPSA) is 47.3 Å². The summed E-state index contributed by atoms with van der Waals surface area (Å²) in [5, 5.41) is 3.63. The molecule has 1 unspecified atom stereocenters. The molecule has 3 N–H and O–H groups in total. The first-order chi connectivity index (χ1) is 8.83. The molecule has 0 radical (unpaired) electrons. The molecule has 1 saturated carbocycles. The summed E-state index contributed by atoms with van der Waals surface area (Å²) in [5.74, 6) is 0.986. The average molecular weight is 246 g/mol. The normalized spacial score (nSPS) is 23.7. The Bertz CT molecular complexity index is 413. The number of hydrogen-bond donors (Lipinski definition) is 2. The second-order valence-electron chi connectivity index (χ2n) is 5.48. The van der Waals surface area contributed by atoms with Crippen molar-refractivity contribution < 1.29 is 4.74 Å². The predicted molar refractivity (Wildman–Crippen MR) is 72.6 cm³/mol. The van der Waals surface area contributed by atoms with Crippen LogP contribution in [-0.2, 0) is 6.54 Å². The van der Waals surface area contributed by atoms with Crippen molar-refractivity contribution in [1.82, 2.24) is 5.32 Å². The zero-order chi connectivity index (χ0) is 12.4. The summed E-state index contributed by atoms with van der Waals surface area (Å²) >= 11 is 0. The summed E-state index contributed by atoms with van der Waals surface area (Å²) in [7, 11) is 0. The average Bonchev–Trinajstić information content (AvgIpc) is 2.90. The fourth-order valence-corrected chi connectivity index (χ4v) is 2.96. The van der Waals surface area contributed by atoms with Crippen LogP contribution in [0.3, 0.4) is 0 Å². The highest BCUT2D eigenvalue weighted by Crippen LogP contribution is 2.31. The number of benzene rings is 1. The van der Waals surface area contributed by atoms with Crippen LogP contribution in [0.25, 0.3) is 0 Å². The molecule has 3 heteroatoms. The van der Waals surface area contributed by atoms with Gasteiger partial charge in [0.1, 0.15) is 5.75 Å². The van der Waals surface area contributed by atoms with E-state index >= 15 is 0 Å². The first-order valence-electron chi connectivity index (χ1n) is 7.07. The molecule has 1 atom stereocenters. The van der Waals surface area contributed by atoms with Gasteiger partial charge in [0.15, 0.2) is 0 Å². The zero-order valence-electron chi connectivity index (χ0n) is 10.8.